The van der Waals surface area contributed by atoms with Gasteiger partial charge in [-0.1, -0.05) is 30.3 Å². The van der Waals surface area contributed by atoms with Crippen LogP contribution in [-0.4, -0.2) is 24.3 Å². The van der Waals surface area contributed by atoms with E-state index in [9.17, 15) is 10.2 Å². The largest absolute Gasteiger partial charge is 0.503 e. The van der Waals surface area contributed by atoms with Gasteiger partial charge in [-0.15, -0.1) is 0 Å². The normalized spacial score (nSPS) is 14.2. The Balaban J connectivity index is 1.66. The zero-order chi connectivity index (χ0) is 16.5. The highest BCUT2D eigenvalue weighted by Crippen LogP contribution is 2.52. The van der Waals surface area contributed by atoms with Gasteiger partial charge in [-0.25, -0.2) is 4.98 Å². The number of aromatic hydroxyl groups is 2. The maximum absolute atomic E-state index is 10.5. The van der Waals surface area contributed by atoms with Crippen molar-refractivity contribution in [1.82, 2.24) is 14.1 Å². The van der Waals surface area contributed by atoms with E-state index in [4.69, 9.17) is 0 Å². The smallest absolute Gasteiger partial charge is 0.235 e. The van der Waals surface area contributed by atoms with Crippen LogP contribution >= 0.6 is 0 Å². The Labute approximate surface area is 140 Å². The zero-order valence-electron chi connectivity index (χ0n) is 13.5. The van der Waals surface area contributed by atoms with Gasteiger partial charge in [-0.2, -0.15) is 0 Å². The van der Waals surface area contributed by atoms with Crippen LogP contribution in [0.4, 0.5) is 0 Å². The molecule has 4 rings (SSSR count). The van der Waals surface area contributed by atoms with E-state index >= 15 is 0 Å². The molecular weight excluding hydrogens is 302 g/mol. The molecule has 5 heteroatoms. The summed E-state index contributed by atoms with van der Waals surface area (Å²) in [5, 5.41) is 21.0. The van der Waals surface area contributed by atoms with Gasteiger partial charge in [-0.3, -0.25) is 0 Å². The highest BCUT2D eigenvalue weighted by molar-refractivity contribution is 5.77. The van der Waals surface area contributed by atoms with E-state index in [0.29, 0.717) is 12.5 Å². The molecular formula is C19H21N3O2. The van der Waals surface area contributed by atoms with E-state index in [2.05, 4.69) is 4.98 Å². The lowest BCUT2D eigenvalue weighted by molar-refractivity contribution is 0.365. The Bertz CT molecular complexity index is 818. The molecule has 0 amide bonds. The van der Waals surface area contributed by atoms with E-state index in [0.717, 1.165) is 42.6 Å². The molecule has 0 spiro atoms. The van der Waals surface area contributed by atoms with Crippen LogP contribution in [0.15, 0.2) is 49.1 Å². The minimum atomic E-state index is -0.0126. The molecule has 0 saturated heterocycles. The van der Waals surface area contributed by atoms with Gasteiger partial charge in [0.05, 0.1) is 6.33 Å². The molecule has 2 heterocycles. The standard InChI is InChI=1S/C19H21N3O2/c23-18-16(14-5-2-1-3-6-14)17(15-7-8-15)22(19(18)24)11-4-10-21-12-9-20-13-21/h1-3,5-6,9,12-13,15,23-24H,4,7-8,10-11H2. The Kier molecular flexibility index (Phi) is 3.76. The summed E-state index contributed by atoms with van der Waals surface area (Å²) in [7, 11) is 0. The third kappa shape index (κ3) is 2.66. The Hall–Kier alpha value is -2.69. The molecule has 2 aromatic heterocycles. The summed E-state index contributed by atoms with van der Waals surface area (Å²) in [4.78, 5) is 4.05. The molecule has 0 bridgehead atoms. The molecule has 124 valence electrons. The zero-order valence-corrected chi connectivity index (χ0v) is 13.5. The number of hydrogen-bond acceptors (Lipinski definition) is 3. The van der Waals surface area contributed by atoms with Crippen LogP contribution in [0.1, 0.15) is 30.9 Å². The Morgan fingerprint density at radius 1 is 1.08 bits per heavy atom. The fourth-order valence-electron chi connectivity index (χ4n) is 3.34. The van der Waals surface area contributed by atoms with Crippen LogP contribution in [0, 0.1) is 0 Å². The summed E-state index contributed by atoms with van der Waals surface area (Å²) >= 11 is 0. The third-order valence-electron chi connectivity index (χ3n) is 4.63. The van der Waals surface area contributed by atoms with Gasteiger partial charge in [0.2, 0.25) is 5.88 Å². The molecule has 5 nitrogen and oxygen atoms in total. The predicted octanol–water partition coefficient (Wildman–Crippen LogP) is 3.73. The number of nitrogens with zero attached hydrogens (tertiary/aromatic N) is 3. The van der Waals surface area contributed by atoms with Gasteiger partial charge in [0.25, 0.3) is 0 Å². The second-order valence-corrected chi connectivity index (χ2v) is 6.38. The van der Waals surface area contributed by atoms with Crippen molar-refractivity contribution < 1.29 is 10.2 Å². The van der Waals surface area contributed by atoms with E-state index < -0.39 is 0 Å². The average Bonchev–Trinajstić information content (AvgIpc) is 3.25. The average molecular weight is 323 g/mol. The van der Waals surface area contributed by atoms with Crippen molar-refractivity contribution in [1.29, 1.82) is 0 Å². The lowest BCUT2D eigenvalue weighted by atomic mass is 10.0. The molecule has 2 N–H and O–H groups in total. The lowest BCUT2D eigenvalue weighted by Crippen LogP contribution is -2.06. The summed E-state index contributed by atoms with van der Waals surface area (Å²) in [6, 6.07) is 9.84. The summed E-state index contributed by atoms with van der Waals surface area (Å²) in [5.74, 6) is 0.423. The molecule has 0 atom stereocenters. The van der Waals surface area contributed by atoms with Crippen LogP contribution in [0.5, 0.6) is 11.6 Å². The predicted molar refractivity (Wildman–Crippen MR) is 92.0 cm³/mol. The van der Waals surface area contributed by atoms with Crippen LogP contribution in [0.3, 0.4) is 0 Å². The molecule has 3 aromatic rings. The quantitative estimate of drug-likeness (QED) is 0.726. The first-order chi connectivity index (χ1) is 11.8. The molecule has 0 radical (unpaired) electrons. The summed E-state index contributed by atoms with van der Waals surface area (Å²) in [6.45, 7) is 1.51. The van der Waals surface area contributed by atoms with Crippen LogP contribution < -0.4 is 0 Å². The number of imidazole rings is 1. The number of aryl methyl sites for hydroxylation is 1. The second-order valence-electron chi connectivity index (χ2n) is 6.38. The molecule has 1 aliphatic carbocycles. The second kappa shape index (κ2) is 6.07. The molecule has 1 aromatic carbocycles. The molecule has 0 unspecified atom stereocenters. The lowest BCUT2D eigenvalue weighted by Gasteiger charge is -2.11. The van der Waals surface area contributed by atoms with Gasteiger partial charge in [0, 0.05) is 42.7 Å². The highest BCUT2D eigenvalue weighted by atomic mass is 16.3. The first-order valence-electron chi connectivity index (χ1n) is 8.41. The third-order valence-corrected chi connectivity index (χ3v) is 4.63. The number of aromatic nitrogens is 3. The molecule has 1 saturated carbocycles. The minimum absolute atomic E-state index is 0.00531. The van der Waals surface area contributed by atoms with Gasteiger partial charge in [0.1, 0.15) is 0 Å². The van der Waals surface area contributed by atoms with Crippen molar-refractivity contribution in [2.24, 2.45) is 0 Å². The van der Waals surface area contributed by atoms with Crippen LogP contribution in [0.25, 0.3) is 11.1 Å². The summed E-state index contributed by atoms with van der Waals surface area (Å²) < 4.78 is 3.92. The Morgan fingerprint density at radius 3 is 2.54 bits per heavy atom. The number of benzene rings is 1. The topological polar surface area (TPSA) is 63.2 Å². The van der Waals surface area contributed by atoms with E-state index in [-0.39, 0.29) is 11.6 Å². The molecule has 1 fully saturated rings. The first-order valence-corrected chi connectivity index (χ1v) is 8.41. The van der Waals surface area contributed by atoms with Gasteiger partial charge < -0.3 is 19.3 Å². The fraction of sp³-hybridized carbons (Fsp3) is 0.316. The van der Waals surface area contributed by atoms with E-state index in [1.807, 2.05) is 45.7 Å². The first kappa shape index (κ1) is 14.9. The van der Waals surface area contributed by atoms with Crippen molar-refractivity contribution in [3.05, 3.63) is 54.7 Å². The molecule has 0 aliphatic heterocycles. The van der Waals surface area contributed by atoms with Crippen LogP contribution in [-0.2, 0) is 13.1 Å². The minimum Gasteiger partial charge on any atom is -0.503 e. The molecule has 1 aliphatic rings. The number of hydrogen-bond donors (Lipinski definition) is 2. The SMILES string of the molecule is Oc1c(-c2ccccc2)c(C2CC2)n(CCCn2ccnc2)c1O. The molecule has 24 heavy (non-hydrogen) atoms. The maximum Gasteiger partial charge on any atom is 0.235 e. The van der Waals surface area contributed by atoms with Crippen molar-refractivity contribution in [3.8, 4) is 22.8 Å². The maximum atomic E-state index is 10.5. The van der Waals surface area contributed by atoms with Gasteiger partial charge in [-0.05, 0) is 24.8 Å². The van der Waals surface area contributed by atoms with Crippen molar-refractivity contribution in [2.75, 3.05) is 0 Å². The summed E-state index contributed by atoms with van der Waals surface area (Å²) in [6.07, 6.45) is 8.59. The van der Waals surface area contributed by atoms with Crippen LogP contribution in [0.2, 0.25) is 0 Å². The van der Waals surface area contributed by atoms with Gasteiger partial charge in [0.15, 0.2) is 5.75 Å². The van der Waals surface area contributed by atoms with Crippen molar-refractivity contribution in [2.45, 2.75) is 38.3 Å². The highest BCUT2D eigenvalue weighted by Gasteiger charge is 2.34. The monoisotopic (exact) mass is 323 g/mol. The summed E-state index contributed by atoms with van der Waals surface area (Å²) in [5.41, 5.74) is 2.82. The van der Waals surface area contributed by atoms with Crippen molar-refractivity contribution in [3.63, 3.8) is 0 Å². The van der Waals surface area contributed by atoms with E-state index in [1.165, 1.54) is 0 Å². The van der Waals surface area contributed by atoms with Gasteiger partial charge >= 0.3 is 0 Å². The number of rotatable bonds is 6. The van der Waals surface area contributed by atoms with Crippen molar-refractivity contribution >= 4 is 0 Å². The fourth-order valence-corrected chi connectivity index (χ4v) is 3.34. The Morgan fingerprint density at radius 2 is 1.88 bits per heavy atom. The van der Waals surface area contributed by atoms with E-state index in [1.54, 1.807) is 12.5 Å².